The molecule has 4 rings (SSSR count). The summed E-state index contributed by atoms with van der Waals surface area (Å²) in [6.45, 7) is 0. The summed E-state index contributed by atoms with van der Waals surface area (Å²) in [6, 6.07) is 12.9. The predicted molar refractivity (Wildman–Crippen MR) is 108 cm³/mol. The molecule has 0 bridgehead atoms. The second-order valence-electron chi connectivity index (χ2n) is 7.32. The molecule has 1 aliphatic carbocycles. The molecule has 0 spiro atoms. The SMILES string of the molecule is Fc1cccc(Nc2nc(Nc3ccc(C4CCCC4)cc3)ncc2C(F)(F)F)c1. The van der Waals surface area contributed by atoms with E-state index in [0.29, 0.717) is 17.8 Å². The fraction of sp³-hybridized carbons (Fsp3) is 0.273. The molecule has 1 heterocycles. The summed E-state index contributed by atoms with van der Waals surface area (Å²) >= 11 is 0. The van der Waals surface area contributed by atoms with E-state index in [-0.39, 0.29) is 11.6 Å². The van der Waals surface area contributed by atoms with Crippen molar-refractivity contribution in [3.05, 3.63) is 71.7 Å². The molecule has 0 unspecified atom stereocenters. The van der Waals surface area contributed by atoms with Crippen LogP contribution in [0.5, 0.6) is 0 Å². The number of hydrogen-bond donors (Lipinski definition) is 2. The van der Waals surface area contributed by atoms with E-state index in [9.17, 15) is 17.6 Å². The van der Waals surface area contributed by atoms with Crippen LogP contribution >= 0.6 is 0 Å². The van der Waals surface area contributed by atoms with Crippen LogP contribution in [0.4, 0.5) is 40.7 Å². The fourth-order valence-electron chi connectivity index (χ4n) is 3.67. The molecular weight excluding hydrogens is 396 g/mol. The van der Waals surface area contributed by atoms with E-state index in [0.717, 1.165) is 6.07 Å². The zero-order valence-electron chi connectivity index (χ0n) is 16.0. The minimum atomic E-state index is -4.66. The Morgan fingerprint density at radius 1 is 0.900 bits per heavy atom. The Morgan fingerprint density at radius 3 is 2.30 bits per heavy atom. The first-order chi connectivity index (χ1) is 14.4. The number of halogens is 4. The maximum absolute atomic E-state index is 13.4. The minimum absolute atomic E-state index is 0.00974. The Morgan fingerprint density at radius 2 is 1.63 bits per heavy atom. The molecule has 0 aliphatic heterocycles. The third kappa shape index (κ3) is 4.69. The summed E-state index contributed by atoms with van der Waals surface area (Å²) in [5.74, 6) is -0.435. The van der Waals surface area contributed by atoms with Crippen molar-refractivity contribution in [2.24, 2.45) is 0 Å². The maximum atomic E-state index is 13.4. The Bertz CT molecular complexity index is 1010. The monoisotopic (exact) mass is 416 g/mol. The fourth-order valence-corrected chi connectivity index (χ4v) is 3.67. The molecule has 3 aromatic rings. The van der Waals surface area contributed by atoms with Gasteiger partial charge in [-0.2, -0.15) is 18.2 Å². The first-order valence-corrected chi connectivity index (χ1v) is 9.72. The Kier molecular flexibility index (Phi) is 5.57. The highest BCUT2D eigenvalue weighted by molar-refractivity contribution is 5.63. The number of anilines is 4. The van der Waals surface area contributed by atoms with E-state index in [2.05, 4.69) is 20.6 Å². The molecule has 8 heteroatoms. The second kappa shape index (κ2) is 8.30. The number of nitrogens with zero attached hydrogens (tertiary/aromatic N) is 2. The van der Waals surface area contributed by atoms with Gasteiger partial charge >= 0.3 is 6.18 Å². The quantitative estimate of drug-likeness (QED) is 0.450. The highest BCUT2D eigenvalue weighted by atomic mass is 19.4. The lowest BCUT2D eigenvalue weighted by Gasteiger charge is -2.15. The van der Waals surface area contributed by atoms with Crippen molar-refractivity contribution in [2.75, 3.05) is 10.6 Å². The molecule has 4 nitrogen and oxygen atoms in total. The Balaban J connectivity index is 1.57. The molecule has 2 aromatic carbocycles. The van der Waals surface area contributed by atoms with Gasteiger partial charge in [-0.15, -0.1) is 0 Å². The van der Waals surface area contributed by atoms with Crippen LogP contribution in [-0.2, 0) is 6.18 Å². The smallest absolute Gasteiger partial charge is 0.339 e. The van der Waals surface area contributed by atoms with Gasteiger partial charge in [0, 0.05) is 17.6 Å². The van der Waals surface area contributed by atoms with Gasteiger partial charge in [-0.25, -0.2) is 9.37 Å². The number of aromatic nitrogens is 2. The van der Waals surface area contributed by atoms with Crippen molar-refractivity contribution in [1.29, 1.82) is 0 Å². The zero-order valence-corrected chi connectivity index (χ0v) is 16.0. The van der Waals surface area contributed by atoms with Crippen LogP contribution in [0.3, 0.4) is 0 Å². The molecule has 1 saturated carbocycles. The number of nitrogens with one attached hydrogen (secondary N) is 2. The Labute approximate surface area is 171 Å². The highest BCUT2D eigenvalue weighted by Crippen LogP contribution is 2.36. The van der Waals surface area contributed by atoms with Crippen LogP contribution in [-0.4, -0.2) is 9.97 Å². The molecule has 2 N–H and O–H groups in total. The van der Waals surface area contributed by atoms with Gasteiger partial charge in [0.2, 0.25) is 5.95 Å². The average Bonchev–Trinajstić information content (AvgIpc) is 3.23. The minimum Gasteiger partial charge on any atom is -0.339 e. The molecular formula is C22H20F4N4. The zero-order chi connectivity index (χ0) is 21.1. The van der Waals surface area contributed by atoms with Crippen LogP contribution in [0.1, 0.15) is 42.7 Å². The van der Waals surface area contributed by atoms with E-state index in [1.807, 2.05) is 24.3 Å². The van der Waals surface area contributed by atoms with Crippen LogP contribution in [0.2, 0.25) is 0 Å². The van der Waals surface area contributed by atoms with Crippen molar-refractivity contribution >= 4 is 23.1 Å². The number of benzene rings is 2. The van der Waals surface area contributed by atoms with Crippen molar-refractivity contribution in [1.82, 2.24) is 9.97 Å². The lowest BCUT2D eigenvalue weighted by atomic mass is 9.98. The van der Waals surface area contributed by atoms with E-state index in [4.69, 9.17) is 0 Å². The Hall–Kier alpha value is -3.16. The van der Waals surface area contributed by atoms with Gasteiger partial charge in [-0.1, -0.05) is 31.0 Å². The standard InChI is InChI=1S/C22H20F4N4/c23-16-6-3-7-18(12-16)28-20-19(22(24,25)26)13-27-21(30-20)29-17-10-8-15(9-11-17)14-4-1-2-5-14/h3,6-14H,1-2,4-5H2,(H2,27,28,29,30). The molecule has 1 aromatic heterocycles. The van der Waals surface area contributed by atoms with Gasteiger partial charge in [0.1, 0.15) is 17.2 Å². The van der Waals surface area contributed by atoms with E-state index < -0.39 is 23.4 Å². The molecule has 0 atom stereocenters. The largest absolute Gasteiger partial charge is 0.421 e. The van der Waals surface area contributed by atoms with Gasteiger partial charge in [0.15, 0.2) is 0 Å². The molecule has 0 saturated heterocycles. The predicted octanol–water partition coefficient (Wildman–Crippen LogP) is 6.78. The normalized spacial score (nSPS) is 14.7. The number of hydrogen-bond acceptors (Lipinski definition) is 4. The molecule has 156 valence electrons. The van der Waals surface area contributed by atoms with Crippen LogP contribution in [0.25, 0.3) is 0 Å². The number of alkyl halides is 3. The lowest BCUT2D eigenvalue weighted by Crippen LogP contribution is -2.12. The first kappa shape index (κ1) is 20.1. The van der Waals surface area contributed by atoms with Crippen LogP contribution in [0, 0.1) is 5.82 Å². The molecule has 0 radical (unpaired) electrons. The van der Waals surface area contributed by atoms with E-state index in [1.54, 1.807) is 0 Å². The third-order valence-corrected chi connectivity index (χ3v) is 5.17. The molecule has 0 amide bonds. The molecule has 1 aliphatic rings. The molecule has 30 heavy (non-hydrogen) atoms. The maximum Gasteiger partial charge on any atom is 0.421 e. The van der Waals surface area contributed by atoms with Gasteiger partial charge < -0.3 is 10.6 Å². The summed E-state index contributed by atoms with van der Waals surface area (Å²) in [5.41, 5.74) is 1.06. The van der Waals surface area contributed by atoms with E-state index in [1.165, 1.54) is 49.4 Å². The number of rotatable bonds is 5. The summed E-state index contributed by atoms with van der Waals surface area (Å²) in [6.07, 6.45) is 0.908. The summed E-state index contributed by atoms with van der Waals surface area (Å²) in [4.78, 5) is 7.79. The van der Waals surface area contributed by atoms with Gasteiger partial charge in [0.25, 0.3) is 0 Å². The van der Waals surface area contributed by atoms with Gasteiger partial charge in [-0.05, 0) is 54.7 Å². The third-order valence-electron chi connectivity index (χ3n) is 5.17. The van der Waals surface area contributed by atoms with Crippen molar-refractivity contribution in [2.45, 2.75) is 37.8 Å². The highest BCUT2D eigenvalue weighted by Gasteiger charge is 2.35. The summed E-state index contributed by atoms with van der Waals surface area (Å²) in [7, 11) is 0. The average molecular weight is 416 g/mol. The molecule has 1 fully saturated rings. The van der Waals surface area contributed by atoms with Crippen molar-refractivity contribution < 1.29 is 17.6 Å². The first-order valence-electron chi connectivity index (χ1n) is 9.72. The summed E-state index contributed by atoms with van der Waals surface area (Å²) in [5, 5.41) is 5.48. The van der Waals surface area contributed by atoms with Crippen LogP contribution < -0.4 is 10.6 Å². The van der Waals surface area contributed by atoms with E-state index >= 15 is 0 Å². The lowest BCUT2D eigenvalue weighted by molar-refractivity contribution is -0.137. The van der Waals surface area contributed by atoms with Crippen LogP contribution in [0.15, 0.2) is 54.7 Å². The summed E-state index contributed by atoms with van der Waals surface area (Å²) < 4.78 is 53.5. The van der Waals surface area contributed by atoms with Crippen molar-refractivity contribution in [3.8, 4) is 0 Å². The van der Waals surface area contributed by atoms with Gasteiger partial charge in [-0.3, -0.25) is 0 Å². The van der Waals surface area contributed by atoms with Crippen molar-refractivity contribution in [3.63, 3.8) is 0 Å². The topological polar surface area (TPSA) is 49.8 Å². The van der Waals surface area contributed by atoms with Gasteiger partial charge in [0.05, 0.1) is 0 Å². The second-order valence-corrected chi connectivity index (χ2v) is 7.32.